The van der Waals surface area contributed by atoms with Crippen molar-refractivity contribution < 1.29 is 19.1 Å². The minimum absolute atomic E-state index is 0.0212. The molecule has 1 aliphatic rings. The lowest BCUT2D eigenvalue weighted by atomic mass is 10.1. The smallest absolute Gasteiger partial charge is 0.355 e. The highest BCUT2D eigenvalue weighted by atomic mass is 79.9. The monoisotopic (exact) mass is 402 g/mol. The van der Waals surface area contributed by atoms with Gasteiger partial charge in [0.05, 0.1) is 37.1 Å². The fourth-order valence-electron chi connectivity index (χ4n) is 2.44. The van der Waals surface area contributed by atoms with E-state index in [1.807, 2.05) is 0 Å². The normalized spacial score (nSPS) is 13.3. The third kappa shape index (κ3) is 3.64. The Kier molecular flexibility index (Phi) is 5.78. The van der Waals surface area contributed by atoms with Crippen LogP contribution in [0.5, 0.6) is 0 Å². The summed E-state index contributed by atoms with van der Waals surface area (Å²) >= 11 is 3.43. The second-order valence-electron chi connectivity index (χ2n) is 5.05. The predicted molar refractivity (Wildman–Crippen MR) is 95.4 cm³/mol. The molecule has 0 saturated carbocycles. The molecule has 0 radical (unpaired) electrons. The molecule has 0 N–H and O–H groups in total. The van der Waals surface area contributed by atoms with Gasteiger partial charge in [-0.25, -0.2) is 9.59 Å². The van der Waals surface area contributed by atoms with Crippen LogP contribution in [0.4, 0.5) is 5.69 Å². The van der Waals surface area contributed by atoms with Crippen molar-refractivity contribution in [1.82, 2.24) is 0 Å². The van der Waals surface area contributed by atoms with Crippen LogP contribution in [0.25, 0.3) is 0 Å². The molecule has 0 saturated heterocycles. The second-order valence-corrected chi connectivity index (χ2v) is 5.91. The Morgan fingerprint density at radius 2 is 1.84 bits per heavy atom. The van der Waals surface area contributed by atoms with Crippen LogP contribution < -0.4 is 4.90 Å². The number of rotatable bonds is 3. The molecule has 0 fully saturated rings. The van der Waals surface area contributed by atoms with Crippen molar-refractivity contribution >= 4 is 33.6 Å². The molecule has 1 aliphatic heterocycles. The molecule has 7 heteroatoms. The SMILES string of the molecule is COC(=O)C1=C(C(=O)OC)N(c2c(C)cc(C#N)cc2Br)C=CC=C1. The standard InChI is InChI=1S/C18H15BrN2O4/c1-11-8-12(10-20)9-14(19)15(11)21-7-5-4-6-13(17(22)24-2)16(21)18(23)25-3/h4-9H,1-3H3. The molecule has 0 amide bonds. The van der Waals surface area contributed by atoms with E-state index in [1.165, 1.54) is 20.3 Å². The molecular weight excluding hydrogens is 388 g/mol. The van der Waals surface area contributed by atoms with Gasteiger partial charge in [-0.2, -0.15) is 5.26 Å². The summed E-state index contributed by atoms with van der Waals surface area (Å²) in [6, 6.07) is 5.41. The summed E-state index contributed by atoms with van der Waals surface area (Å²) in [5.74, 6) is -1.35. The first kappa shape index (κ1) is 18.5. The third-order valence-electron chi connectivity index (χ3n) is 3.51. The molecule has 0 aromatic heterocycles. The number of anilines is 1. The minimum atomic E-state index is -0.688. The van der Waals surface area contributed by atoms with Gasteiger partial charge in [-0.15, -0.1) is 0 Å². The first-order valence-corrected chi connectivity index (χ1v) is 7.99. The topological polar surface area (TPSA) is 79.6 Å². The number of carbonyl (C=O) groups is 2. The lowest BCUT2D eigenvalue weighted by molar-refractivity contribution is -0.139. The Labute approximate surface area is 153 Å². The molecule has 0 aliphatic carbocycles. The van der Waals surface area contributed by atoms with E-state index in [2.05, 4.69) is 22.0 Å². The lowest BCUT2D eigenvalue weighted by Gasteiger charge is -2.26. The highest BCUT2D eigenvalue weighted by Gasteiger charge is 2.29. The van der Waals surface area contributed by atoms with Gasteiger partial charge in [-0.05, 0) is 52.7 Å². The Morgan fingerprint density at radius 3 is 2.40 bits per heavy atom. The first-order valence-electron chi connectivity index (χ1n) is 7.19. The summed E-state index contributed by atoms with van der Waals surface area (Å²) in [6.07, 6.45) is 6.43. The van der Waals surface area contributed by atoms with Crippen LogP contribution in [-0.2, 0) is 19.1 Å². The number of benzene rings is 1. The van der Waals surface area contributed by atoms with E-state index in [4.69, 9.17) is 14.7 Å². The Morgan fingerprint density at radius 1 is 1.16 bits per heavy atom. The van der Waals surface area contributed by atoms with E-state index in [-0.39, 0.29) is 11.3 Å². The van der Waals surface area contributed by atoms with E-state index in [0.717, 1.165) is 5.56 Å². The maximum atomic E-state index is 12.4. The molecule has 6 nitrogen and oxygen atoms in total. The number of halogens is 1. The van der Waals surface area contributed by atoms with Crippen LogP contribution in [-0.4, -0.2) is 26.2 Å². The number of esters is 2. The van der Waals surface area contributed by atoms with Crippen molar-refractivity contribution in [2.45, 2.75) is 6.92 Å². The molecule has 0 bridgehead atoms. The molecule has 0 spiro atoms. The van der Waals surface area contributed by atoms with Gasteiger partial charge in [0.15, 0.2) is 0 Å². The lowest BCUT2D eigenvalue weighted by Crippen LogP contribution is -2.27. The van der Waals surface area contributed by atoms with Crippen LogP contribution >= 0.6 is 15.9 Å². The summed E-state index contributed by atoms with van der Waals surface area (Å²) in [7, 11) is 2.48. The maximum Gasteiger partial charge on any atom is 0.355 e. The number of methoxy groups -OCH3 is 2. The van der Waals surface area contributed by atoms with Gasteiger partial charge < -0.3 is 14.4 Å². The number of carbonyl (C=O) groups excluding carboxylic acids is 2. The van der Waals surface area contributed by atoms with Gasteiger partial charge in [0, 0.05) is 10.7 Å². The number of allylic oxidation sites excluding steroid dienone is 2. The number of nitrogens with zero attached hydrogens (tertiary/aromatic N) is 2. The van der Waals surface area contributed by atoms with Crippen molar-refractivity contribution in [3.8, 4) is 6.07 Å². The van der Waals surface area contributed by atoms with E-state index in [1.54, 1.807) is 42.3 Å². The molecule has 1 aromatic carbocycles. The van der Waals surface area contributed by atoms with Gasteiger partial charge in [-0.1, -0.05) is 6.08 Å². The summed E-state index contributed by atoms with van der Waals surface area (Å²) in [6.45, 7) is 1.81. The molecule has 25 heavy (non-hydrogen) atoms. The number of aryl methyl sites for hydroxylation is 1. The number of hydrogen-bond donors (Lipinski definition) is 0. The number of hydrogen-bond acceptors (Lipinski definition) is 6. The minimum Gasteiger partial charge on any atom is -0.465 e. The summed E-state index contributed by atoms with van der Waals surface area (Å²) in [4.78, 5) is 26.1. The fraction of sp³-hybridized carbons (Fsp3) is 0.167. The van der Waals surface area contributed by atoms with Crippen LogP contribution in [0.2, 0.25) is 0 Å². The maximum absolute atomic E-state index is 12.4. The second kappa shape index (κ2) is 7.81. The highest BCUT2D eigenvalue weighted by Crippen LogP contribution is 2.36. The average Bonchev–Trinajstić information content (AvgIpc) is 2.82. The molecule has 0 unspecified atom stereocenters. The predicted octanol–water partition coefficient (Wildman–Crippen LogP) is 3.12. The van der Waals surface area contributed by atoms with Crippen LogP contribution in [0.15, 0.2) is 52.3 Å². The zero-order valence-electron chi connectivity index (χ0n) is 13.9. The molecule has 128 valence electrons. The van der Waals surface area contributed by atoms with E-state index in [9.17, 15) is 9.59 Å². The average molecular weight is 403 g/mol. The summed E-state index contributed by atoms with van der Waals surface area (Å²) < 4.78 is 10.2. The summed E-state index contributed by atoms with van der Waals surface area (Å²) in [5, 5.41) is 9.10. The molecular formula is C18H15BrN2O4. The zero-order valence-corrected chi connectivity index (χ0v) is 15.5. The quantitative estimate of drug-likeness (QED) is 0.722. The van der Waals surface area contributed by atoms with Crippen molar-refractivity contribution in [3.63, 3.8) is 0 Å². The molecule has 2 rings (SSSR count). The number of nitriles is 1. The fourth-order valence-corrected chi connectivity index (χ4v) is 3.19. The van der Waals surface area contributed by atoms with E-state index >= 15 is 0 Å². The van der Waals surface area contributed by atoms with Crippen LogP contribution in [0.3, 0.4) is 0 Å². The first-order chi connectivity index (χ1) is 11.9. The van der Waals surface area contributed by atoms with Gasteiger partial charge in [0.2, 0.25) is 0 Å². The highest BCUT2D eigenvalue weighted by molar-refractivity contribution is 9.10. The van der Waals surface area contributed by atoms with E-state index in [0.29, 0.717) is 15.7 Å². The van der Waals surface area contributed by atoms with Gasteiger partial charge in [-0.3, -0.25) is 0 Å². The van der Waals surface area contributed by atoms with Crippen molar-refractivity contribution in [2.24, 2.45) is 0 Å². The van der Waals surface area contributed by atoms with Gasteiger partial charge >= 0.3 is 11.9 Å². The molecule has 0 atom stereocenters. The van der Waals surface area contributed by atoms with Crippen molar-refractivity contribution in [2.75, 3.05) is 19.1 Å². The van der Waals surface area contributed by atoms with Gasteiger partial charge in [0.1, 0.15) is 5.70 Å². The largest absolute Gasteiger partial charge is 0.465 e. The summed E-state index contributed by atoms with van der Waals surface area (Å²) in [5.41, 5.74) is 1.91. The van der Waals surface area contributed by atoms with Crippen molar-refractivity contribution in [3.05, 3.63) is 63.4 Å². The van der Waals surface area contributed by atoms with Gasteiger partial charge in [0.25, 0.3) is 0 Å². The Balaban J connectivity index is 2.76. The molecule has 1 aromatic rings. The Bertz CT molecular complexity index is 839. The van der Waals surface area contributed by atoms with E-state index < -0.39 is 11.9 Å². The van der Waals surface area contributed by atoms with Crippen molar-refractivity contribution in [1.29, 1.82) is 5.26 Å². The van der Waals surface area contributed by atoms with Crippen LogP contribution in [0, 0.1) is 18.3 Å². The number of ether oxygens (including phenoxy) is 2. The third-order valence-corrected chi connectivity index (χ3v) is 4.12. The molecule has 1 heterocycles. The Hall–Kier alpha value is -2.85. The van der Waals surface area contributed by atoms with Crippen LogP contribution in [0.1, 0.15) is 11.1 Å². The zero-order chi connectivity index (χ0) is 18.6.